The molecule has 4 N–H and O–H groups in total. The number of phenols is 1. The van der Waals surface area contributed by atoms with Gasteiger partial charge in [0.2, 0.25) is 0 Å². The van der Waals surface area contributed by atoms with E-state index in [4.69, 9.17) is 14.2 Å². The lowest BCUT2D eigenvalue weighted by atomic mass is 10.1. The zero-order valence-electron chi connectivity index (χ0n) is 20.6. The Bertz CT molecular complexity index is 1280. The van der Waals surface area contributed by atoms with E-state index in [9.17, 15) is 18.6 Å². The van der Waals surface area contributed by atoms with Gasteiger partial charge < -0.3 is 34.6 Å². The molecule has 0 bridgehead atoms. The normalized spacial score (nSPS) is 14.5. The second kappa shape index (κ2) is 11.6. The van der Waals surface area contributed by atoms with Crippen LogP contribution in [0.15, 0.2) is 71.6 Å². The monoisotopic (exact) mass is 529 g/mol. The number of sulfonamides is 1. The molecule has 3 aromatic carbocycles. The standard InChI is InChI=1S/C26H31N3O7S/c1-34-25-12-11-24(13-26(25)35-2)37(32,33)28-18-3-5-20(6-4-18)29-15-19(16-29)27-14-22(31)17-36-23-9-7-21(30)8-10-23/h3-13,19,22,27-28,30-31H,14-17H2,1-2H3/t22-/m0/s1. The van der Waals surface area contributed by atoms with Gasteiger partial charge in [0.05, 0.1) is 19.1 Å². The third-order valence-corrected chi connectivity index (χ3v) is 7.33. The number of aliphatic hydroxyl groups is 1. The molecule has 1 fully saturated rings. The molecule has 198 valence electrons. The van der Waals surface area contributed by atoms with Crippen molar-refractivity contribution in [3.05, 3.63) is 66.7 Å². The number of nitrogens with one attached hydrogen (secondary N) is 2. The first kappa shape index (κ1) is 26.4. The molecular weight excluding hydrogens is 498 g/mol. The van der Waals surface area contributed by atoms with Gasteiger partial charge in [0.1, 0.15) is 24.2 Å². The first-order chi connectivity index (χ1) is 17.8. The topological polar surface area (TPSA) is 130 Å². The number of hydrogen-bond donors (Lipinski definition) is 4. The van der Waals surface area contributed by atoms with Gasteiger partial charge in [-0.05, 0) is 60.7 Å². The molecule has 0 amide bonds. The molecule has 0 spiro atoms. The van der Waals surface area contributed by atoms with Crippen molar-refractivity contribution in [3.63, 3.8) is 0 Å². The third-order valence-electron chi connectivity index (χ3n) is 5.95. The summed E-state index contributed by atoms with van der Waals surface area (Å²) in [7, 11) is -0.860. The number of rotatable bonds is 12. The summed E-state index contributed by atoms with van der Waals surface area (Å²) in [4.78, 5) is 2.23. The van der Waals surface area contributed by atoms with Crippen molar-refractivity contribution in [2.75, 3.05) is 50.1 Å². The maximum Gasteiger partial charge on any atom is 0.262 e. The fraction of sp³-hybridized carbons (Fsp3) is 0.308. The van der Waals surface area contributed by atoms with Crippen LogP contribution in [-0.4, -0.2) is 71.2 Å². The zero-order chi connectivity index (χ0) is 26.4. The van der Waals surface area contributed by atoms with Gasteiger partial charge in [-0.3, -0.25) is 4.72 Å². The van der Waals surface area contributed by atoms with E-state index in [0.29, 0.717) is 29.5 Å². The minimum atomic E-state index is -3.80. The molecule has 0 unspecified atom stereocenters. The van der Waals surface area contributed by atoms with Crippen LogP contribution in [0, 0.1) is 0 Å². The third kappa shape index (κ3) is 6.76. The highest BCUT2D eigenvalue weighted by atomic mass is 32.2. The lowest BCUT2D eigenvalue weighted by molar-refractivity contribution is 0.102. The molecule has 1 heterocycles. The van der Waals surface area contributed by atoms with Crippen LogP contribution in [0.4, 0.5) is 11.4 Å². The fourth-order valence-corrected chi connectivity index (χ4v) is 4.93. The summed E-state index contributed by atoms with van der Waals surface area (Å²) in [5.74, 6) is 1.53. The quantitative estimate of drug-likeness (QED) is 0.280. The predicted octanol–water partition coefficient (Wildman–Crippen LogP) is 2.43. The molecule has 0 aromatic heterocycles. The lowest BCUT2D eigenvalue weighted by Crippen LogP contribution is -2.59. The number of phenolic OH excluding ortho intramolecular Hbond substituents is 1. The van der Waals surface area contributed by atoms with Gasteiger partial charge in [-0.15, -0.1) is 0 Å². The summed E-state index contributed by atoms with van der Waals surface area (Å²) >= 11 is 0. The summed E-state index contributed by atoms with van der Waals surface area (Å²) in [5.41, 5.74) is 1.42. The Morgan fingerprint density at radius 3 is 2.30 bits per heavy atom. The average molecular weight is 530 g/mol. The van der Waals surface area contributed by atoms with E-state index in [0.717, 1.165) is 18.8 Å². The zero-order valence-corrected chi connectivity index (χ0v) is 21.4. The molecular formula is C26H31N3O7S. The molecule has 10 nitrogen and oxygen atoms in total. The molecule has 0 radical (unpaired) electrons. The molecule has 0 aliphatic carbocycles. The number of benzene rings is 3. The van der Waals surface area contributed by atoms with Gasteiger partial charge >= 0.3 is 0 Å². The van der Waals surface area contributed by atoms with Gasteiger partial charge in [-0.2, -0.15) is 0 Å². The van der Waals surface area contributed by atoms with Crippen molar-refractivity contribution < 1.29 is 32.8 Å². The van der Waals surface area contributed by atoms with Crippen LogP contribution in [0.2, 0.25) is 0 Å². The van der Waals surface area contributed by atoms with Crippen molar-refractivity contribution in [1.29, 1.82) is 0 Å². The summed E-state index contributed by atoms with van der Waals surface area (Å²) in [6.07, 6.45) is -0.666. The van der Waals surface area contributed by atoms with Crippen LogP contribution in [0.5, 0.6) is 23.0 Å². The molecule has 37 heavy (non-hydrogen) atoms. The molecule has 4 rings (SSSR count). The van der Waals surface area contributed by atoms with Crippen molar-refractivity contribution in [3.8, 4) is 23.0 Å². The molecule has 0 saturated carbocycles. The maximum atomic E-state index is 12.8. The van der Waals surface area contributed by atoms with E-state index < -0.39 is 16.1 Å². The highest BCUT2D eigenvalue weighted by Crippen LogP contribution is 2.30. The van der Waals surface area contributed by atoms with Gasteiger partial charge in [0.15, 0.2) is 11.5 Å². The predicted molar refractivity (Wildman–Crippen MR) is 140 cm³/mol. The van der Waals surface area contributed by atoms with Crippen molar-refractivity contribution >= 4 is 21.4 Å². The number of methoxy groups -OCH3 is 2. The molecule has 1 atom stereocenters. The summed E-state index contributed by atoms with van der Waals surface area (Å²) < 4.78 is 44.1. The van der Waals surface area contributed by atoms with E-state index in [2.05, 4.69) is 14.9 Å². The summed E-state index contributed by atoms with van der Waals surface area (Å²) in [6, 6.07) is 18.2. The SMILES string of the molecule is COc1ccc(S(=O)(=O)Nc2ccc(N3CC(NC[C@H](O)COc4ccc(O)cc4)C3)cc2)cc1OC. The van der Waals surface area contributed by atoms with E-state index in [1.54, 1.807) is 30.3 Å². The smallest absolute Gasteiger partial charge is 0.262 e. The maximum absolute atomic E-state index is 12.8. The van der Waals surface area contributed by atoms with Gasteiger partial charge in [-0.1, -0.05) is 0 Å². The van der Waals surface area contributed by atoms with Crippen LogP contribution in [0.25, 0.3) is 0 Å². The lowest BCUT2D eigenvalue weighted by Gasteiger charge is -2.42. The van der Waals surface area contributed by atoms with Crippen LogP contribution in [0.1, 0.15) is 0 Å². The fourth-order valence-electron chi connectivity index (χ4n) is 3.85. The Morgan fingerprint density at radius 1 is 0.973 bits per heavy atom. The Labute approximate surface area is 216 Å². The number of anilines is 2. The Kier molecular flexibility index (Phi) is 8.27. The van der Waals surface area contributed by atoms with Crippen LogP contribution in [-0.2, 0) is 10.0 Å². The number of aliphatic hydroxyl groups excluding tert-OH is 1. The summed E-state index contributed by atoms with van der Waals surface area (Å²) in [6.45, 7) is 2.08. The Morgan fingerprint density at radius 2 is 1.65 bits per heavy atom. The molecule has 1 saturated heterocycles. The van der Waals surface area contributed by atoms with E-state index >= 15 is 0 Å². The Hall–Kier alpha value is -3.67. The minimum Gasteiger partial charge on any atom is -0.508 e. The molecule has 1 aliphatic heterocycles. The van der Waals surface area contributed by atoms with Crippen molar-refractivity contribution in [1.82, 2.24) is 5.32 Å². The van der Waals surface area contributed by atoms with E-state index in [1.807, 2.05) is 12.1 Å². The van der Waals surface area contributed by atoms with Crippen molar-refractivity contribution in [2.24, 2.45) is 0 Å². The second-order valence-corrected chi connectivity index (χ2v) is 10.3. The largest absolute Gasteiger partial charge is 0.508 e. The number of nitrogens with zero attached hydrogens (tertiary/aromatic N) is 1. The van der Waals surface area contributed by atoms with E-state index in [1.165, 1.54) is 38.5 Å². The Balaban J connectivity index is 1.22. The average Bonchev–Trinajstić information content (AvgIpc) is 2.87. The minimum absolute atomic E-state index is 0.0709. The van der Waals surface area contributed by atoms with Crippen LogP contribution >= 0.6 is 0 Å². The first-order valence-electron chi connectivity index (χ1n) is 11.7. The number of aromatic hydroxyl groups is 1. The van der Waals surface area contributed by atoms with Crippen molar-refractivity contribution in [2.45, 2.75) is 17.0 Å². The molecule has 11 heteroatoms. The molecule has 3 aromatic rings. The first-order valence-corrected chi connectivity index (χ1v) is 13.2. The highest BCUT2D eigenvalue weighted by molar-refractivity contribution is 7.92. The highest BCUT2D eigenvalue weighted by Gasteiger charge is 2.27. The second-order valence-electron chi connectivity index (χ2n) is 8.64. The van der Waals surface area contributed by atoms with Gasteiger partial charge in [0.25, 0.3) is 10.0 Å². The van der Waals surface area contributed by atoms with Gasteiger partial charge in [-0.25, -0.2) is 8.42 Å². The summed E-state index contributed by atoms with van der Waals surface area (Å²) in [5, 5.41) is 22.8. The number of hydrogen-bond acceptors (Lipinski definition) is 9. The van der Waals surface area contributed by atoms with Crippen LogP contribution < -0.4 is 29.1 Å². The number of ether oxygens (including phenoxy) is 3. The van der Waals surface area contributed by atoms with Crippen LogP contribution in [0.3, 0.4) is 0 Å². The molecule has 1 aliphatic rings. The van der Waals surface area contributed by atoms with Gasteiger partial charge in [0, 0.05) is 43.1 Å². The van der Waals surface area contributed by atoms with E-state index in [-0.39, 0.29) is 23.3 Å².